The van der Waals surface area contributed by atoms with Crippen LogP contribution in [0.25, 0.3) is 0 Å². The SMILES string of the molecule is O=C(Cc1ccccc1)OCC=CC(F)(F)F. The van der Waals surface area contributed by atoms with E-state index in [1.54, 1.807) is 30.3 Å². The van der Waals surface area contributed by atoms with E-state index < -0.39 is 12.1 Å². The summed E-state index contributed by atoms with van der Waals surface area (Å²) in [6.45, 7) is -0.370. The fourth-order valence-electron chi connectivity index (χ4n) is 1.14. The van der Waals surface area contributed by atoms with E-state index in [9.17, 15) is 18.0 Å². The second-order valence-corrected chi connectivity index (χ2v) is 3.29. The lowest BCUT2D eigenvalue weighted by Crippen LogP contribution is -2.09. The fourth-order valence-corrected chi connectivity index (χ4v) is 1.14. The van der Waals surface area contributed by atoms with Gasteiger partial charge in [-0.3, -0.25) is 4.79 Å². The van der Waals surface area contributed by atoms with Gasteiger partial charge in [0.25, 0.3) is 0 Å². The smallest absolute Gasteiger partial charge is 0.409 e. The molecule has 1 rings (SSSR count). The van der Waals surface area contributed by atoms with E-state index in [2.05, 4.69) is 4.74 Å². The minimum Gasteiger partial charge on any atom is -0.461 e. The predicted octanol–water partition coefficient (Wildman–Crippen LogP) is 2.89. The normalized spacial score (nSPS) is 11.7. The Kier molecular flexibility index (Phi) is 4.75. The zero-order chi connectivity index (χ0) is 12.7. The summed E-state index contributed by atoms with van der Waals surface area (Å²) in [6, 6.07) is 8.83. The summed E-state index contributed by atoms with van der Waals surface area (Å²) in [4.78, 5) is 11.2. The predicted molar refractivity (Wildman–Crippen MR) is 56.3 cm³/mol. The van der Waals surface area contributed by atoms with E-state index in [0.29, 0.717) is 0 Å². The monoisotopic (exact) mass is 244 g/mol. The molecule has 0 radical (unpaired) electrons. The van der Waals surface area contributed by atoms with Gasteiger partial charge in [-0.05, 0) is 11.6 Å². The van der Waals surface area contributed by atoms with Gasteiger partial charge >= 0.3 is 12.1 Å². The maximum Gasteiger partial charge on any atom is 0.409 e. The Hall–Kier alpha value is -1.78. The van der Waals surface area contributed by atoms with Gasteiger partial charge in [0.1, 0.15) is 6.61 Å². The van der Waals surface area contributed by atoms with Crippen molar-refractivity contribution in [1.29, 1.82) is 0 Å². The zero-order valence-electron chi connectivity index (χ0n) is 8.91. The molecule has 1 aromatic carbocycles. The van der Waals surface area contributed by atoms with Crippen LogP contribution in [0.4, 0.5) is 13.2 Å². The fraction of sp³-hybridized carbons (Fsp3) is 0.250. The zero-order valence-corrected chi connectivity index (χ0v) is 8.91. The molecule has 0 aromatic heterocycles. The van der Waals surface area contributed by atoms with Crippen molar-refractivity contribution in [2.45, 2.75) is 12.6 Å². The molecule has 0 unspecified atom stereocenters. The number of rotatable bonds is 4. The highest BCUT2D eigenvalue weighted by Gasteiger charge is 2.21. The number of hydrogen-bond donors (Lipinski definition) is 0. The van der Waals surface area contributed by atoms with Crippen LogP contribution < -0.4 is 0 Å². The second-order valence-electron chi connectivity index (χ2n) is 3.29. The van der Waals surface area contributed by atoms with Crippen molar-refractivity contribution in [3.8, 4) is 0 Å². The van der Waals surface area contributed by atoms with Crippen LogP contribution in [0, 0.1) is 0 Å². The molecule has 0 aliphatic heterocycles. The first-order valence-corrected chi connectivity index (χ1v) is 4.91. The van der Waals surface area contributed by atoms with Crippen LogP contribution in [0.5, 0.6) is 0 Å². The Balaban J connectivity index is 2.30. The number of ether oxygens (including phenoxy) is 1. The summed E-state index contributed by atoms with van der Waals surface area (Å²) in [5, 5.41) is 0. The van der Waals surface area contributed by atoms with Gasteiger partial charge in [0, 0.05) is 6.08 Å². The summed E-state index contributed by atoms with van der Waals surface area (Å²) < 4.78 is 39.7. The van der Waals surface area contributed by atoms with Crippen molar-refractivity contribution in [2.75, 3.05) is 6.61 Å². The summed E-state index contributed by atoms with van der Waals surface area (Å²) in [6.07, 6.45) is -3.50. The number of carbonyl (C=O) groups is 1. The van der Waals surface area contributed by atoms with E-state index in [4.69, 9.17) is 0 Å². The van der Waals surface area contributed by atoms with Crippen LogP contribution in [0.15, 0.2) is 42.5 Å². The van der Waals surface area contributed by atoms with Crippen LogP contribution in [0.3, 0.4) is 0 Å². The minimum atomic E-state index is -4.37. The van der Waals surface area contributed by atoms with Gasteiger partial charge in [-0.25, -0.2) is 0 Å². The molecule has 0 bridgehead atoms. The summed E-state index contributed by atoms with van der Waals surface area (Å²) in [5.74, 6) is -0.553. The van der Waals surface area contributed by atoms with Gasteiger partial charge in [0.15, 0.2) is 0 Å². The summed E-state index contributed by atoms with van der Waals surface area (Å²) >= 11 is 0. The van der Waals surface area contributed by atoms with E-state index in [0.717, 1.165) is 11.6 Å². The molecular weight excluding hydrogens is 233 g/mol. The van der Waals surface area contributed by atoms with Crippen molar-refractivity contribution < 1.29 is 22.7 Å². The third-order valence-electron chi connectivity index (χ3n) is 1.84. The molecule has 0 fully saturated rings. The molecule has 2 nitrogen and oxygen atoms in total. The van der Waals surface area contributed by atoms with Gasteiger partial charge in [0.05, 0.1) is 6.42 Å². The third-order valence-corrected chi connectivity index (χ3v) is 1.84. The molecule has 0 saturated heterocycles. The highest BCUT2D eigenvalue weighted by atomic mass is 19.4. The average molecular weight is 244 g/mol. The average Bonchev–Trinajstić information content (AvgIpc) is 2.25. The van der Waals surface area contributed by atoms with Crippen LogP contribution in [-0.4, -0.2) is 18.8 Å². The van der Waals surface area contributed by atoms with Crippen molar-refractivity contribution in [2.24, 2.45) is 0 Å². The molecule has 0 atom stereocenters. The van der Waals surface area contributed by atoms with Gasteiger partial charge in [-0.15, -0.1) is 0 Å². The standard InChI is InChI=1S/C12H11F3O2/c13-12(14,15)7-4-8-17-11(16)9-10-5-2-1-3-6-10/h1-7H,8-9H2. The lowest BCUT2D eigenvalue weighted by Gasteiger charge is -2.02. The lowest BCUT2D eigenvalue weighted by molar-refractivity contribution is -0.141. The number of esters is 1. The van der Waals surface area contributed by atoms with E-state index in [-0.39, 0.29) is 19.1 Å². The van der Waals surface area contributed by atoms with E-state index >= 15 is 0 Å². The molecule has 0 heterocycles. The number of benzene rings is 1. The van der Waals surface area contributed by atoms with Crippen LogP contribution >= 0.6 is 0 Å². The third kappa shape index (κ3) is 6.40. The van der Waals surface area contributed by atoms with Gasteiger partial charge in [0.2, 0.25) is 0 Å². The molecular formula is C12H11F3O2. The first kappa shape index (κ1) is 13.3. The lowest BCUT2D eigenvalue weighted by atomic mass is 10.2. The number of carbonyl (C=O) groups excluding carboxylic acids is 1. The quantitative estimate of drug-likeness (QED) is 0.601. The number of halogens is 3. The minimum absolute atomic E-state index is 0.0444. The molecule has 92 valence electrons. The molecule has 0 N–H and O–H groups in total. The molecule has 5 heteroatoms. The second kappa shape index (κ2) is 6.08. The van der Waals surface area contributed by atoms with Crippen molar-refractivity contribution in [3.63, 3.8) is 0 Å². The highest BCUT2D eigenvalue weighted by Crippen LogP contribution is 2.15. The highest BCUT2D eigenvalue weighted by molar-refractivity contribution is 5.72. The molecule has 0 spiro atoms. The Morgan fingerprint density at radius 3 is 2.47 bits per heavy atom. The van der Waals surface area contributed by atoms with Crippen molar-refractivity contribution >= 4 is 5.97 Å². The maximum atomic E-state index is 11.7. The molecule has 0 aliphatic rings. The van der Waals surface area contributed by atoms with Crippen molar-refractivity contribution in [1.82, 2.24) is 0 Å². The Morgan fingerprint density at radius 2 is 1.88 bits per heavy atom. The summed E-state index contributed by atoms with van der Waals surface area (Å²) in [7, 11) is 0. The van der Waals surface area contributed by atoms with Gasteiger partial charge in [-0.2, -0.15) is 13.2 Å². The topological polar surface area (TPSA) is 26.3 Å². The summed E-state index contributed by atoms with van der Waals surface area (Å²) in [5.41, 5.74) is 0.761. The Bertz CT molecular complexity index is 382. The first-order valence-electron chi connectivity index (χ1n) is 4.91. The molecule has 0 amide bonds. The van der Waals surface area contributed by atoms with Crippen LogP contribution in [-0.2, 0) is 16.0 Å². The first-order chi connectivity index (χ1) is 7.97. The molecule has 0 aliphatic carbocycles. The van der Waals surface area contributed by atoms with Crippen molar-refractivity contribution in [3.05, 3.63) is 48.0 Å². The van der Waals surface area contributed by atoms with Gasteiger partial charge in [-0.1, -0.05) is 30.3 Å². The van der Waals surface area contributed by atoms with Gasteiger partial charge < -0.3 is 4.74 Å². The van der Waals surface area contributed by atoms with Crippen LogP contribution in [0.2, 0.25) is 0 Å². The molecule has 1 aromatic rings. The van der Waals surface area contributed by atoms with E-state index in [1.165, 1.54) is 0 Å². The number of hydrogen-bond acceptors (Lipinski definition) is 2. The Labute approximate surface area is 96.7 Å². The number of alkyl halides is 3. The molecule has 0 saturated carbocycles. The largest absolute Gasteiger partial charge is 0.461 e. The Morgan fingerprint density at radius 1 is 1.24 bits per heavy atom. The molecule has 17 heavy (non-hydrogen) atoms. The maximum absolute atomic E-state index is 11.7. The number of allylic oxidation sites excluding steroid dienone is 1. The van der Waals surface area contributed by atoms with E-state index in [1.807, 2.05) is 0 Å². The van der Waals surface area contributed by atoms with Crippen LogP contribution in [0.1, 0.15) is 5.56 Å².